The second kappa shape index (κ2) is 11.2. The van der Waals surface area contributed by atoms with E-state index in [4.69, 9.17) is 13.7 Å². The highest BCUT2D eigenvalue weighted by Gasteiger charge is 2.16. The third kappa shape index (κ3) is 4.68. The lowest BCUT2D eigenvalue weighted by atomic mass is 9.91. The van der Waals surface area contributed by atoms with Crippen LogP contribution in [0.4, 0.5) is 0 Å². The van der Waals surface area contributed by atoms with E-state index in [1.54, 1.807) is 11.3 Å². The molecule has 0 saturated heterocycles. The van der Waals surface area contributed by atoms with Crippen LogP contribution in [-0.4, -0.2) is 15.0 Å². The zero-order chi connectivity index (χ0) is 41.0. The molecule has 0 aliphatic rings. The van der Waals surface area contributed by atoms with E-state index in [9.17, 15) is 0 Å². The molecule has 0 bridgehead atoms. The van der Waals surface area contributed by atoms with Gasteiger partial charge in [0.25, 0.3) is 0 Å². The molecule has 0 fully saturated rings. The highest BCUT2D eigenvalue weighted by atomic mass is 32.1. The summed E-state index contributed by atoms with van der Waals surface area (Å²) in [7, 11) is 0. The van der Waals surface area contributed by atoms with Crippen LogP contribution in [0.25, 0.3) is 97.8 Å². The first-order valence-corrected chi connectivity index (χ1v) is 16.4. The van der Waals surface area contributed by atoms with E-state index in [1.165, 1.54) is 20.2 Å². The molecule has 228 valence electrons. The number of fused-ring (bicyclic) bond motifs is 9. The third-order valence-electron chi connectivity index (χ3n) is 8.89. The monoisotopic (exact) mass is 651 g/mol. The lowest BCUT2D eigenvalue weighted by Gasteiger charge is -2.14. The number of benzene rings is 8. The molecule has 0 unspecified atom stereocenters. The van der Waals surface area contributed by atoms with Crippen molar-refractivity contribution in [3.8, 4) is 45.3 Å². The topological polar surface area (TPSA) is 38.7 Å². The summed E-state index contributed by atoms with van der Waals surface area (Å²) in [6, 6.07) is 29.5. The molecule has 0 aliphatic heterocycles. The number of nitrogens with zero attached hydrogens (tertiary/aromatic N) is 3. The van der Waals surface area contributed by atoms with Crippen molar-refractivity contribution < 1.29 is 13.7 Å². The Morgan fingerprint density at radius 1 is 0.347 bits per heavy atom. The lowest BCUT2D eigenvalue weighted by molar-refractivity contribution is 1.07. The Kier molecular flexibility index (Phi) is 4.47. The van der Waals surface area contributed by atoms with Crippen LogP contribution >= 0.6 is 11.3 Å². The summed E-state index contributed by atoms with van der Waals surface area (Å²) >= 11 is 1.78. The standard InChI is InChI=1S/C45H27N3S/c1-3-11-28(12-4-1)43-46-44(29-13-5-2-6-14-29)48-45(47-43)32-20-23-35-33-15-7-8-16-34(33)38-25-30(19-22-36(38)39(35)27-32)31-21-24-42-40(26-31)37-17-9-10-18-41(37)49-42/h1-27H/i1D,2D,3D,4D,5D,6D,11D,12D,13D,14D. The van der Waals surface area contributed by atoms with Crippen LogP contribution in [-0.2, 0) is 0 Å². The quantitative estimate of drug-likeness (QED) is 0.178. The minimum atomic E-state index is -0.598. The molecule has 10 aromatic rings. The average molecular weight is 652 g/mol. The van der Waals surface area contributed by atoms with Crippen LogP contribution in [0.2, 0.25) is 0 Å². The van der Waals surface area contributed by atoms with Crippen molar-refractivity contribution in [3.63, 3.8) is 0 Å². The number of hydrogen-bond donors (Lipinski definition) is 0. The van der Waals surface area contributed by atoms with Gasteiger partial charge in [0, 0.05) is 36.9 Å². The molecular formula is C45H27N3S. The van der Waals surface area contributed by atoms with Crippen molar-refractivity contribution in [1.82, 2.24) is 15.0 Å². The molecule has 0 spiro atoms. The van der Waals surface area contributed by atoms with Gasteiger partial charge < -0.3 is 0 Å². The predicted octanol–water partition coefficient (Wildman–Crippen LogP) is 12.4. The van der Waals surface area contributed by atoms with Crippen LogP contribution in [0, 0.1) is 0 Å². The van der Waals surface area contributed by atoms with Crippen LogP contribution in [0.5, 0.6) is 0 Å². The van der Waals surface area contributed by atoms with Crippen molar-refractivity contribution in [1.29, 1.82) is 0 Å². The van der Waals surface area contributed by atoms with Gasteiger partial charge in [0.2, 0.25) is 0 Å². The molecule has 3 nitrogen and oxygen atoms in total. The molecule has 0 saturated carbocycles. The van der Waals surface area contributed by atoms with Crippen molar-refractivity contribution >= 4 is 63.8 Å². The maximum atomic E-state index is 8.69. The summed E-state index contributed by atoms with van der Waals surface area (Å²) in [6.07, 6.45) is 0. The number of thiophene rings is 1. The van der Waals surface area contributed by atoms with Crippen molar-refractivity contribution in [2.75, 3.05) is 0 Å². The number of aromatic nitrogens is 3. The summed E-state index contributed by atoms with van der Waals surface area (Å²) in [5.74, 6) is -0.602. The van der Waals surface area contributed by atoms with E-state index >= 15 is 0 Å². The zero-order valence-corrected chi connectivity index (χ0v) is 26.4. The first-order chi connectivity index (χ1) is 28.4. The minimum Gasteiger partial charge on any atom is -0.208 e. The Bertz CT molecular complexity index is 3330. The van der Waals surface area contributed by atoms with Crippen molar-refractivity contribution in [2.24, 2.45) is 0 Å². The highest BCUT2D eigenvalue weighted by Crippen LogP contribution is 2.41. The molecule has 10 rings (SSSR count). The average Bonchev–Trinajstić information content (AvgIpc) is 3.64. The minimum absolute atomic E-state index is 0.0137. The molecular weight excluding hydrogens is 615 g/mol. The van der Waals surface area contributed by atoms with Gasteiger partial charge in [-0.25, -0.2) is 15.0 Å². The smallest absolute Gasteiger partial charge is 0.164 e. The Hall–Kier alpha value is -6.23. The number of rotatable bonds is 4. The van der Waals surface area contributed by atoms with E-state index in [-0.39, 0.29) is 28.6 Å². The van der Waals surface area contributed by atoms with Gasteiger partial charge in [-0.3, -0.25) is 0 Å². The van der Waals surface area contributed by atoms with Crippen LogP contribution < -0.4 is 0 Å². The van der Waals surface area contributed by atoms with Gasteiger partial charge in [-0.1, -0.05) is 133 Å². The van der Waals surface area contributed by atoms with Crippen molar-refractivity contribution in [3.05, 3.63) is 164 Å². The van der Waals surface area contributed by atoms with Crippen LogP contribution in [0.3, 0.4) is 0 Å². The van der Waals surface area contributed by atoms with Gasteiger partial charge in [0.1, 0.15) is 0 Å². The molecule has 0 atom stereocenters. The highest BCUT2D eigenvalue weighted by molar-refractivity contribution is 7.25. The van der Waals surface area contributed by atoms with E-state index < -0.39 is 60.4 Å². The van der Waals surface area contributed by atoms with Gasteiger partial charge >= 0.3 is 0 Å². The fourth-order valence-electron chi connectivity index (χ4n) is 6.63. The first-order valence-electron chi connectivity index (χ1n) is 20.6. The molecule has 2 aromatic heterocycles. The van der Waals surface area contributed by atoms with Gasteiger partial charge in [0.15, 0.2) is 17.5 Å². The second-order valence-electron chi connectivity index (χ2n) is 11.7. The lowest BCUT2D eigenvalue weighted by Crippen LogP contribution is -2.00. The first kappa shape index (κ1) is 19.6. The normalized spacial score (nSPS) is 14.5. The molecule has 4 heteroatoms. The van der Waals surface area contributed by atoms with Crippen LogP contribution in [0.15, 0.2) is 164 Å². The third-order valence-corrected chi connectivity index (χ3v) is 10.0. The summed E-state index contributed by atoms with van der Waals surface area (Å²) in [5.41, 5.74) is 1.99. The van der Waals surface area contributed by atoms with Crippen LogP contribution in [0.1, 0.15) is 13.7 Å². The van der Waals surface area contributed by atoms with E-state index in [0.717, 1.165) is 43.4 Å². The summed E-state index contributed by atoms with van der Waals surface area (Å²) in [5, 5.41) is 8.33. The van der Waals surface area contributed by atoms with Crippen molar-refractivity contribution in [2.45, 2.75) is 0 Å². The molecule has 2 heterocycles. The Labute approximate surface area is 300 Å². The van der Waals surface area contributed by atoms with Gasteiger partial charge in [-0.05, 0) is 73.8 Å². The Morgan fingerprint density at radius 2 is 0.776 bits per heavy atom. The summed E-state index contributed by atoms with van der Waals surface area (Å²) in [6.45, 7) is 0. The fourth-order valence-corrected chi connectivity index (χ4v) is 7.72. The van der Waals surface area contributed by atoms with Gasteiger partial charge in [0.05, 0.1) is 13.7 Å². The summed E-state index contributed by atoms with van der Waals surface area (Å²) < 4.78 is 86.8. The molecule has 0 amide bonds. The zero-order valence-electron chi connectivity index (χ0n) is 35.6. The predicted molar refractivity (Wildman–Crippen MR) is 207 cm³/mol. The van der Waals surface area contributed by atoms with E-state index in [2.05, 4.69) is 87.7 Å². The molecule has 49 heavy (non-hydrogen) atoms. The van der Waals surface area contributed by atoms with E-state index in [1.807, 2.05) is 30.3 Å². The Balaban J connectivity index is 1.22. The maximum absolute atomic E-state index is 8.69. The molecule has 0 aliphatic carbocycles. The largest absolute Gasteiger partial charge is 0.208 e. The molecule has 0 N–H and O–H groups in total. The SMILES string of the molecule is [2H]c1c([2H])c([2H])c(-c2nc(-c3ccc4c5ccccc5c5cc(-c6ccc7sc8ccccc8c7c6)ccc5c4c3)nc(-c3c([2H])c([2H])c([2H])c([2H])c3[2H])n2)c([2H])c1[2H]. The Morgan fingerprint density at radius 3 is 1.43 bits per heavy atom. The van der Waals surface area contributed by atoms with Gasteiger partial charge in [-0.2, -0.15) is 0 Å². The maximum Gasteiger partial charge on any atom is 0.164 e. The molecule has 0 radical (unpaired) electrons. The van der Waals surface area contributed by atoms with E-state index in [0.29, 0.717) is 5.56 Å². The van der Waals surface area contributed by atoms with Gasteiger partial charge in [-0.15, -0.1) is 11.3 Å². The second-order valence-corrected chi connectivity index (χ2v) is 12.8. The molecule has 8 aromatic carbocycles. The number of hydrogen-bond acceptors (Lipinski definition) is 4. The summed E-state index contributed by atoms with van der Waals surface area (Å²) in [4.78, 5) is 13.7. The fraction of sp³-hybridized carbons (Fsp3) is 0.